The van der Waals surface area contributed by atoms with E-state index in [4.69, 9.17) is 22.9 Å². The van der Waals surface area contributed by atoms with Gasteiger partial charge in [-0.05, 0) is 59.5 Å². The highest BCUT2D eigenvalue weighted by Gasteiger charge is 2.17. The van der Waals surface area contributed by atoms with Crippen molar-refractivity contribution in [2.24, 2.45) is 5.84 Å². The summed E-state index contributed by atoms with van der Waals surface area (Å²) < 4.78 is 30.1. The minimum atomic E-state index is -0.523. The van der Waals surface area contributed by atoms with Crippen molar-refractivity contribution in [2.75, 3.05) is 4.31 Å². The number of hydrazine groups is 1. The smallest absolute Gasteiger partial charge is 0.147 e. The van der Waals surface area contributed by atoms with Crippen molar-refractivity contribution in [3.05, 3.63) is 94.5 Å². The molecule has 29 heavy (non-hydrogen) atoms. The largest absolute Gasteiger partial charge is 0.305 e. The molecule has 0 radical (unpaired) electrons. The molecule has 0 amide bonds. The molecule has 3 rings (SSSR count). The molecule has 3 aromatic carbocycles. The molecular weight excluding hydrogens is 414 g/mol. The minimum Gasteiger partial charge on any atom is -0.305 e. The van der Waals surface area contributed by atoms with Gasteiger partial charge in [0.1, 0.15) is 11.6 Å². The van der Waals surface area contributed by atoms with Crippen molar-refractivity contribution < 1.29 is 8.78 Å². The van der Waals surface area contributed by atoms with E-state index in [-0.39, 0.29) is 5.69 Å². The molecule has 0 aliphatic heterocycles. The molecule has 150 valence electrons. The lowest BCUT2D eigenvalue weighted by Crippen LogP contribution is -2.29. The molecule has 0 aromatic heterocycles. The molecule has 0 saturated heterocycles. The number of anilines is 1. The molecule has 0 aliphatic carbocycles. The Bertz CT molecular complexity index is 985. The Hall–Kier alpha value is -2.61. The molecule has 0 atom stereocenters. The number of hydrogen-bond acceptors (Lipinski definition) is 4. The zero-order valence-corrected chi connectivity index (χ0v) is 16.9. The fourth-order valence-electron chi connectivity index (χ4n) is 2.73. The second kappa shape index (κ2) is 9.73. The topological polar surface area (TPSA) is 56.4 Å². The molecular formula is C21H19ClF2N4S. The monoisotopic (exact) mass is 432 g/mol. The lowest BCUT2D eigenvalue weighted by molar-refractivity contribution is 0.443. The maximum atomic E-state index is 14.6. The van der Waals surface area contributed by atoms with E-state index in [9.17, 15) is 8.78 Å². The SMILES string of the molecule is N=CN(N)Cc1ccccc1CN(Sc1ccc(Cl)cc1)c1cc(F)ccc1F. The fourth-order valence-corrected chi connectivity index (χ4v) is 3.81. The van der Waals surface area contributed by atoms with Crippen LogP contribution in [0.1, 0.15) is 11.1 Å². The van der Waals surface area contributed by atoms with E-state index >= 15 is 0 Å². The maximum Gasteiger partial charge on any atom is 0.147 e. The molecule has 0 fully saturated rings. The van der Waals surface area contributed by atoms with Crippen LogP contribution in [-0.4, -0.2) is 11.3 Å². The lowest BCUT2D eigenvalue weighted by Gasteiger charge is -2.26. The van der Waals surface area contributed by atoms with Gasteiger partial charge < -0.3 is 4.31 Å². The molecule has 0 saturated carbocycles. The molecule has 4 nitrogen and oxygen atoms in total. The van der Waals surface area contributed by atoms with Gasteiger partial charge in [0.25, 0.3) is 0 Å². The number of nitrogens with two attached hydrogens (primary N) is 1. The van der Waals surface area contributed by atoms with E-state index in [0.29, 0.717) is 18.1 Å². The predicted octanol–water partition coefficient (Wildman–Crippen LogP) is 5.61. The highest BCUT2D eigenvalue weighted by atomic mass is 35.5. The quantitative estimate of drug-likeness (QED) is 0.159. The van der Waals surface area contributed by atoms with Gasteiger partial charge in [0.05, 0.1) is 25.1 Å². The van der Waals surface area contributed by atoms with Gasteiger partial charge in [-0.15, -0.1) is 0 Å². The molecule has 0 aliphatic rings. The van der Waals surface area contributed by atoms with Crippen molar-refractivity contribution >= 4 is 35.6 Å². The fraction of sp³-hybridized carbons (Fsp3) is 0.0952. The molecule has 3 aromatic rings. The van der Waals surface area contributed by atoms with Crippen LogP contribution in [0.3, 0.4) is 0 Å². The highest BCUT2D eigenvalue weighted by molar-refractivity contribution is 8.00. The van der Waals surface area contributed by atoms with Crippen LogP contribution in [-0.2, 0) is 13.1 Å². The molecule has 3 N–H and O–H groups in total. The summed E-state index contributed by atoms with van der Waals surface area (Å²) in [4.78, 5) is 0.829. The van der Waals surface area contributed by atoms with E-state index in [0.717, 1.165) is 34.5 Å². The third-order valence-electron chi connectivity index (χ3n) is 4.16. The van der Waals surface area contributed by atoms with Crippen LogP contribution >= 0.6 is 23.5 Å². The number of hydrogen-bond donors (Lipinski definition) is 2. The first kappa shape index (κ1) is 21.1. The van der Waals surface area contributed by atoms with Gasteiger partial charge in [0.2, 0.25) is 0 Å². The summed E-state index contributed by atoms with van der Waals surface area (Å²) in [5.74, 6) is 4.70. The lowest BCUT2D eigenvalue weighted by atomic mass is 10.1. The number of halogens is 3. The van der Waals surface area contributed by atoms with Crippen molar-refractivity contribution in [3.8, 4) is 0 Å². The van der Waals surface area contributed by atoms with Crippen molar-refractivity contribution in [3.63, 3.8) is 0 Å². The summed E-state index contributed by atoms with van der Waals surface area (Å²) in [5, 5.41) is 9.12. The van der Waals surface area contributed by atoms with Crippen LogP contribution in [0, 0.1) is 17.0 Å². The van der Waals surface area contributed by atoms with Gasteiger partial charge in [0.15, 0.2) is 0 Å². The summed E-state index contributed by atoms with van der Waals surface area (Å²) in [6, 6.07) is 18.0. The van der Waals surface area contributed by atoms with Crippen LogP contribution in [0.4, 0.5) is 14.5 Å². The molecule has 0 spiro atoms. The van der Waals surface area contributed by atoms with Crippen LogP contribution in [0.25, 0.3) is 0 Å². The Morgan fingerprint density at radius 3 is 2.28 bits per heavy atom. The Balaban J connectivity index is 1.96. The van der Waals surface area contributed by atoms with Gasteiger partial charge in [-0.1, -0.05) is 35.9 Å². The van der Waals surface area contributed by atoms with E-state index < -0.39 is 11.6 Å². The average Bonchev–Trinajstić information content (AvgIpc) is 2.72. The van der Waals surface area contributed by atoms with Crippen LogP contribution < -0.4 is 10.1 Å². The Kier molecular flexibility index (Phi) is 7.09. The number of nitrogens with zero attached hydrogens (tertiary/aromatic N) is 2. The first-order chi connectivity index (χ1) is 14.0. The van der Waals surface area contributed by atoms with E-state index in [1.165, 1.54) is 23.0 Å². The molecule has 0 bridgehead atoms. The first-order valence-electron chi connectivity index (χ1n) is 8.71. The number of rotatable bonds is 8. The zero-order valence-electron chi connectivity index (χ0n) is 15.4. The molecule has 0 heterocycles. The third kappa shape index (κ3) is 5.69. The van der Waals surface area contributed by atoms with Crippen molar-refractivity contribution in [2.45, 2.75) is 18.0 Å². The third-order valence-corrected chi connectivity index (χ3v) is 5.44. The van der Waals surface area contributed by atoms with Crippen molar-refractivity contribution in [1.82, 2.24) is 5.01 Å². The zero-order chi connectivity index (χ0) is 20.8. The number of nitrogens with one attached hydrogen (secondary N) is 1. The normalized spacial score (nSPS) is 10.6. The van der Waals surface area contributed by atoms with E-state index in [1.807, 2.05) is 36.4 Å². The summed E-state index contributed by atoms with van der Waals surface area (Å²) >= 11 is 7.24. The van der Waals surface area contributed by atoms with Gasteiger partial charge in [0, 0.05) is 16.0 Å². The standard InChI is InChI=1S/C21H19ClF2N4S/c22-17-5-8-19(9-6-17)29-28(21-11-18(23)7-10-20(21)24)13-16-4-2-1-3-15(16)12-27(26)14-25/h1-11,14,25H,12-13,26H2. The Morgan fingerprint density at radius 1 is 0.966 bits per heavy atom. The highest BCUT2D eigenvalue weighted by Crippen LogP contribution is 2.34. The van der Waals surface area contributed by atoms with Crippen molar-refractivity contribution in [1.29, 1.82) is 5.41 Å². The predicted molar refractivity (Wildman–Crippen MR) is 115 cm³/mol. The first-order valence-corrected chi connectivity index (χ1v) is 9.86. The van der Waals surface area contributed by atoms with E-state index in [1.54, 1.807) is 16.4 Å². The molecule has 0 unspecified atom stereocenters. The summed E-state index contributed by atoms with van der Waals surface area (Å²) in [6.07, 6.45) is 1.03. The second-order valence-corrected chi connectivity index (χ2v) is 7.78. The number of benzene rings is 3. The Morgan fingerprint density at radius 2 is 1.62 bits per heavy atom. The Labute approximate surface area is 177 Å². The van der Waals surface area contributed by atoms with E-state index in [2.05, 4.69) is 0 Å². The summed E-state index contributed by atoms with van der Waals surface area (Å²) in [6.45, 7) is 0.625. The van der Waals surface area contributed by atoms with Gasteiger partial charge in [-0.3, -0.25) is 10.4 Å². The van der Waals surface area contributed by atoms with Gasteiger partial charge >= 0.3 is 0 Å². The molecule has 8 heteroatoms. The average molecular weight is 433 g/mol. The summed E-state index contributed by atoms with van der Waals surface area (Å²) in [7, 11) is 0. The van der Waals surface area contributed by atoms with Crippen LogP contribution in [0.15, 0.2) is 71.6 Å². The van der Waals surface area contributed by atoms with Gasteiger partial charge in [-0.25, -0.2) is 14.6 Å². The van der Waals surface area contributed by atoms with Gasteiger partial charge in [-0.2, -0.15) is 0 Å². The van der Waals surface area contributed by atoms with Crippen LogP contribution in [0.2, 0.25) is 5.02 Å². The van der Waals surface area contributed by atoms with Crippen LogP contribution in [0.5, 0.6) is 0 Å². The maximum absolute atomic E-state index is 14.6. The second-order valence-electron chi connectivity index (χ2n) is 6.25. The minimum absolute atomic E-state index is 0.136. The summed E-state index contributed by atoms with van der Waals surface area (Å²) in [5.41, 5.74) is 1.91.